The van der Waals surface area contributed by atoms with Crippen LogP contribution in [0.1, 0.15) is 24.5 Å². The summed E-state index contributed by atoms with van der Waals surface area (Å²) in [5.74, 6) is 0.416. The topological polar surface area (TPSA) is 47.6 Å². The third-order valence-corrected chi connectivity index (χ3v) is 4.57. The third-order valence-electron chi connectivity index (χ3n) is 3.43. The summed E-state index contributed by atoms with van der Waals surface area (Å²) >= 11 is 18.5. The van der Waals surface area contributed by atoms with Gasteiger partial charge in [-0.2, -0.15) is 0 Å². The second kappa shape index (κ2) is 5.94. The van der Waals surface area contributed by atoms with E-state index in [1.807, 2.05) is 6.92 Å². The number of hydrogen-bond donors (Lipinski definition) is 1. The van der Waals surface area contributed by atoms with Crippen LogP contribution in [0.25, 0.3) is 0 Å². The van der Waals surface area contributed by atoms with Crippen LogP contribution in [-0.2, 0) is 11.3 Å². The number of aliphatic imine (C=N–C) groups is 1. The third kappa shape index (κ3) is 2.56. The lowest BCUT2D eigenvalue weighted by molar-refractivity contribution is 0.238. The highest BCUT2D eigenvalue weighted by atomic mass is 35.5. The van der Waals surface area contributed by atoms with Crippen LogP contribution >= 0.6 is 34.8 Å². The van der Waals surface area contributed by atoms with Crippen molar-refractivity contribution in [1.82, 2.24) is 0 Å². The molecular weight excluding hydrogens is 319 g/mol. The molecule has 0 bridgehead atoms. The molecular formula is C14H15Cl3N2O. The summed E-state index contributed by atoms with van der Waals surface area (Å²) in [6.45, 7) is 6.04. The lowest BCUT2D eigenvalue weighted by Gasteiger charge is -2.21. The molecule has 1 aliphatic heterocycles. The molecule has 2 N–H and O–H groups in total. The highest BCUT2D eigenvalue weighted by Crippen LogP contribution is 2.36. The van der Waals surface area contributed by atoms with Crippen molar-refractivity contribution < 1.29 is 4.74 Å². The summed E-state index contributed by atoms with van der Waals surface area (Å²) in [6, 6.07) is 3.46. The number of rotatable bonds is 4. The number of nitrogens with zero attached hydrogens (tertiary/aromatic N) is 1. The summed E-state index contributed by atoms with van der Waals surface area (Å²) in [6.07, 6.45) is 2.39. The molecule has 20 heavy (non-hydrogen) atoms. The normalized spacial score (nSPS) is 25.2. The van der Waals surface area contributed by atoms with E-state index < -0.39 is 11.1 Å². The zero-order chi connectivity index (χ0) is 14.9. The fraction of sp³-hybridized carbons (Fsp3) is 0.357. The minimum atomic E-state index is -0.623. The van der Waals surface area contributed by atoms with Crippen LogP contribution in [0.5, 0.6) is 0 Å². The second-order valence-electron chi connectivity index (χ2n) is 4.52. The molecule has 0 aliphatic carbocycles. The first-order chi connectivity index (χ1) is 9.47. The molecule has 0 spiro atoms. The van der Waals surface area contributed by atoms with E-state index in [0.717, 1.165) is 0 Å². The highest BCUT2D eigenvalue weighted by molar-refractivity contribution is 6.36. The molecule has 1 heterocycles. The first-order valence-electron chi connectivity index (χ1n) is 6.20. The molecule has 1 aromatic rings. The lowest BCUT2D eigenvalue weighted by atomic mass is 9.99. The molecule has 3 nitrogen and oxygen atoms in total. The predicted molar refractivity (Wildman–Crippen MR) is 84.8 cm³/mol. The van der Waals surface area contributed by atoms with Crippen LogP contribution in [-0.4, -0.2) is 17.0 Å². The molecule has 0 amide bonds. The molecule has 2 rings (SSSR count). The summed E-state index contributed by atoms with van der Waals surface area (Å²) in [5, 5.41) is 0.972. The number of hydrogen-bond acceptors (Lipinski definition) is 3. The minimum absolute atomic E-state index is 0.273. The van der Waals surface area contributed by atoms with E-state index in [4.69, 9.17) is 45.3 Å². The molecule has 0 aromatic heterocycles. The van der Waals surface area contributed by atoms with E-state index in [1.165, 1.54) is 0 Å². The monoisotopic (exact) mass is 332 g/mol. The Balaban J connectivity index is 2.46. The first kappa shape index (κ1) is 15.6. The van der Waals surface area contributed by atoms with E-state index in [0.29, 0.717) is 33.5 Å². The van der Waals surface area contributed by atoms with Gasteiger partial charge in [-0.25, -0.2) is 4.99 Å². The van der Waals surface area contributed by atoms with Gasteiger partial charge in [0.05, 0.1) is 0 Å². The van der Waals surface area contributed by atoms with Gasteiger partial charge in [0.25, 0.3) is 0 Å². The van der Waals surface area contributed by atoms with Gasteiger partial charge in [-0.3, -0.25) is 0 Å². The summed E-state index contributed by atoms with van der Waals surface area (Å²) in [7, 11) is 0. The minimum Gasteiger partial charge on any atom is -0.455 e. The van der Waals surface area contributed by atoms with Gasteiger partial charge >= 0.3 is 0 Å². The number of alkyl halides is 1. The molecule has 0 radical (unpaired) electrons. The van der Waals surface area contributed by atoms with Crippen molar-refractivity contribution in [2.45, 2.75) is 31.0 Å². The smallest absolute Gasteiger partial charge is 0.218 e. The Morgan fingerprint density at radius 1 is 1.45 bits per heavy atom. The SMILES string of the molecule is C=CC1(CC)N=C(c2cc(Cl)c(CN)c(Cl)c2)OC1Cl. The predicted octanol–water partition coefficient (Wildman–Crippen LogP) is 4.13. The van der Waals surface area contributed by atoms with Crippen molar-refractivity contribution in [2.75, 3.05) is 0 Å². The Morgan fingerprint density at radius 2 is 2.05 bits per heavy atom. The summed E-state index contributed by atoms with van der Waals surface area (Å²) in [5.41, 5.74) is 5.76. The Bertz CT molecular complexity index is 551. The second-order valence-corrected chi connectivity index (χ2v) is 5.73. The largest absolute Gasteiger partial charge is 0.455 e. The molecule has 108 valence electrons. The number of halogens is 3. The fourth-order valence-electron chi connectivity index (χ4n) is 2.04. The Labute approximate surface area is 133 Å². The van der Waals surface area contributed by atoms with Gasteiger partial charge in [-0.1, -0.05) is 47.8 Å². The van der Waals surface area contributed by atoms with Crippen LogP contribution < -0.4 is 5.73 Å². The average Bonchev–Trinajstić information content (AvgIpc) is 2.76. The summed E-state index contributed by atoms with van der Waals surface area (Å²) in [4.78, 5) is 4.54. The molecule has 0 fully saturated rings. The standard InChI is InChI=1S/C14H15Cl3N2O/c1-3-14(4-2)13(17)20-12(19-14)8-5-10(15)9(7-18)11(16)6-8/h3,5-6,13H,1,4,7,18H2,2H3. The van der Waals surface area contributed by atoms with Crippen molar-refractivity contribution in [2.24, 2.45) is 10.7 Å². The van der Waals surface area contributed by atoms with Gasteiger partial charge in [0.2, 0.25) is 11.5 Å². The van der Waals surface area contributed by atoms with Gasteiger partial charge in [0.1, 0.15) is 5.54 Å². The van der Waals surface area contributed by atoms with Gasteiger partial charge in [0, 0.05) is 27.7 Å². The van der Waals surface area contributed by atoms with E-state index in [-0.39, 0.29) is 6.54 Å². The van der Waals surface area contributed by atoms with E-state index >= 15 is 0 Å². The quantitative estimate of drug-likeness (QED) is 0.665. The van der Waals surface area contributed by atoms with E-state index in [1.54, 1.807) is 18.2 Å². The number of ether oxygens (including phenoxy) is 1. The zero-order valence-corrected chi connectivity index (χ0v) is 13.3. The molecule has 0 saturated carbocycles. The number of nitrogens with two attached hydrogens (primary N) is 1. The maximum Gasteiger partial charge on any atom is 0.218 e. The lowest BCUT2D eigenvalue weighted by Crippen LogP contribution is -2.30. The van der Waals surface area contributed by atoms with Gasteiger partial charge < -0.3 is 10.5 Å². The Morgan fingerprint density at radius 3 is 2.45 bits per heavy atom. The van der Waals surface area contributed by atoms with E-state index in [9.17, 15) is 0 Å². The van der Waals surface area contributed by atoms with Crippen LogP contribution in [0.2, 0.25) is 10.0 Å². The summed E-state index contributed by atoms with van der Waals surface area (Å²) < 4.78 is 5.62. The number of benzene rings is 1. The maximum absolute atomic E-state index is 6.22. The average molecular weight is 334 g/mol. The van der Waals surface area contributed by atoms with Gasteiger partial charge in [-0.05, 0) is 18.6 Å². The molecule has 1 aliphatic rings. The highest BCUT2D eigenvalue weighted by Gasteiger charge is 2.41. The fourth-order valence-corrected chi connectivity index (χ4v) is 3.06. The van der Waals surface area contributed by atoms with Crippen molar-refractivity contribution >= 4 is 40.7 Å². The zero-order valence-electron chi connectivity index (χ0n) is 11.0. The van der Waals surface area contributed by atoms with Gasteiger partial charge in [0.15, 0.2) is 0 Å². The van der Waals surface area contributed by atoms with Crippen LogP contribution in [0.3, 0.4) is 0 Å². The molecule has 1 aromatic carbocycles. The molecule has 2 atom stereocenters. The first-order valence-corrected chi connectivity index (χ1v) is 7.39. The van der Waals surface area contributed by atoms with Crippen molar-refractivity contribution in [3.8, 4) is 0 Å². The van der Waals surface area contributed by atoms with Crippen LogP contribution in [0.15, 0.2) is 29.8 Å². The molecule has 2 unspecified atom stereocenters. The van der Waals surface area contributed by atoms with Crippen molar-refractivity contribution in [1.29, 1.82) is 0 Å². The van der Waals surface area contributed by atoms with Crippen molar-refractivity contribution in [3.63, 3.8) is 0 Å². The van der Waals surface area contributed by atoms with Crippen LogP contribution in [0.4, 0.5) is 0 Å². The molecule has 6 heteroatoms. The van der Waals surface area contributed by atoms with Crippen molar-refractivity contribution in [3.05, 3.63) is 46.0 Å². The Hall–Kier alpha value is -0.740. The van der Waals surface area contributed by atoms with Gasteiger partial charge in [-0.15, -0.1) is 6.58 Å². The van der Waals surface area contributed by atoms with E-state index in [2.05, 4.69) is 11.6 Å². The Kier molecular flexibility index (Phi) is 4.65. The van der Waals surface area contributed by atoms with Crippen LogP contribution in [0, 0.1) is 0 Å². The molecule has 0 saturated heterocycles. The maximum atomic E-state index is 6.22.